The lowest BCUT2D eigenvalue weighted by Gasteiger charge is -2.29. The minimum Gasteiger partial charge on any atom is -0.374 e. The Morgan fingerprint density at radius 3 is 2.35 bits per heavy atom. The van der Waals surface area contributed by atoms with E-state index < -0.39 is 18.2 Å². The first-order valence-corrected chi connectivity index (χ1v) is 9.80. The third-order valence-corrected chi connectivity index (χ3v) is 5.39. The van der Waals surface area contributed by atoms with Gasteiger partial charge in [-0.3, -0.25) is 0 Å². The topological polar surface area (TPSA) is 63.2 Å². The lowest BCUT2D eigenvalue weighted by molar-refractivity contribution is -0.275. The van der Waals surface area contributed by atoms with Crippen LogP contribution in [0.15, 0.2) is 53.9 Å². The lowest BCUT2D eigenvalue weighted by atomic mass is 9.86. The number of hydrogen-bond donors (Lipinski definition) is 0. The summed E-state index contributed by atoms with van der Waals surface area (Å²) >= 11 is 17.7. The Labute approximate surface area is 189 Å². The van der Waals surface area contributed by atoms with Crippen LogP contribution in [0.1, 0.15) is 23.1 Å². The Balaban J connectivity index is 1.73. The summed E-state index contributed by atoms with van der Waals surface area (Å²) in [6.45, 7) is 0. The minimum absolute atomic E-state index is 0.0231. The van der Waals surface area contributed by atoms with Crippen LogP contribution in [0.5, 0.6) is 0 Å². The second kappa shape index (κ2) is 7.75. The third kappa shape index (κ3) is 3.85. The Morgan fingerprint density at radius 2 is 1.77 bits per heavy atom. The maximum Gasteiger partial charge on any atom is 0.435 e. The molecule has 1 atom stereocenters. The summed E-state index contributed by atoms with van der Waals surface area (Å²) in [5, 5.41) is 17.7. The number of rotatable bonds is 3. The molecule has 2 heterocycles. The summed E-state index contributed by atoms with van der Waals surface area (Å²) in [7, 11) is 0. The van der Waals surface area contributed by atoms with E-state index in [1.165, 1.54) is 35.3 Å². The molecule has 2 aromatic carbocycles. The van der Waals surface area contributed by atoms with Crippen LogP contribution in [0.3, 0.4) is 0 Å². The molecule has 1 aromatic heterocycles. The van der Waals surface area contributed by atoms with Crippen molar-refractivity contribution in [1.82, 2.24) is 9.78 Å². The molecular formula is C20H10Cl3F3N4O. The van der Waals surface area contributed by atoms with Gasteiger partial charge in [0.05, 0.1) is 28.2 Å². The van der Waals surface area contributed by atoms with Crippen molar-refractivity contribution in [1.29, 1.82) is 5.26 Å². The highest BCUT2D eigenvalue weighted by Crippen LogP contribution is 2.49. The van der Waals surface area contributed by atoms with Gasteiger partial charge in [0.15, 0.2) is 0 Å². The molecule has 0 saturated carbocycles. The van der Waals surface area contributed by atoms with Gasteiger partial charge in [-0.15, -0.1) is 0 Å². The van der Waals surface area contributed by atoms with Crippen molar-refractivity contribution in [3.63, 3.8) is 0 Å². The molecule has 0 saturated heterocycles. The number of nitrogens with zero attached hydrogens (tertiary/aromatic N) is 4. The Bertz CT molecular complexity index is 1230. The number of aromatic nitrogens is 2. The number of halogens is 6. The van der Waals surface area contributed by atoms with Crippen LogP contribution in [-0.2, 0) is 10.4 Å². The van der Waals surface area contributed by atoms with Gasteiger partial charge in [0.1, 0.15) is 6.07 Å². The first kappa shape index (κ1) is 21.5. The number of alkyl halides is 3. The van der Waals surface area contributed by atoms with E-state index in [-0.39, 0.29) is 26.9 Å². The average Bonchev–Trinajstić information content (AvgIpc) is 3.34. The van der Waals surface area contributed by atoms with Gasteiger partial charge in [-0.25, -0.2) is 4.68 Å². The van der Waals surface area contributed by atoms with E-state index in [9.17, 15) is 18.4 Å². The molecule has 0 bridgehead atoms. The van der Waals surface area contributed by atoms with E-state index in [4.69, 9.17) is 39.6 Å². The van der Waals surface area contributed by atoms with Crippen molar-refractivity contribution < 1.29 is 18.0 Å². The molecule has 4 rings (SSSR count). The van der Waals surface area contributed by atoms with Crippen LogP contribution in [0.25, 0.3) is 5.69 Å². The molecule has 31 heavy (non-hydrogen) atoms. The largest absolute Gasteiger partial charge is 0.435 e. The summed E-state index contributed by atoms with van der Waals surface area (Å²) in [5.74, 6) is 0. The molecule has 0 N–H and O–H groups in total. The first-order valence-electron chi connectivity index (χ1n) is 8.66. The van der Waals surface area contributed by atoms with E-state index in [2.05, 4.69) is 10.3 Å². The molecular weight excluding hydrogens is 476 g/mol. The fourth-order valence-electron chi connectivity index (χ4n) is 3.28. The van der Waals surface area contributed by atoms with Crippen molar-refractivity contribution in [2.75, 3.05) is 0 Å². The highest BCUT2D eigenvalue weighted by atomic mass is 35.5. The molecule has 158 valence electrons. The van der Waals surface area contributed by atoms with E-state index in [1.54, 1.807) is 6.07 Å². The van der Waals surface area contributed by atoms with Crippen LogP contribution in [0.4, 0.5) is 13.2 Å². The molecule has 0 spiro atoms. The van der Waals surface area contributed by atoms with Gasteiger partial charge in [-0.05, 0) is 30.3 Å². The normalized spacial score (nSPS) is 18.4. The highest BCUT2D eigenvalue weighted by molar-refractivity contribution is 6.34. The zero-order chi connectivity index (χ0) is 22.4. The zero-order valence-electron chi connectivity index (χ0n) is 15.3. The molecule has 3 aromatic rings. The molecule has 1 aliphatic heterocycles. The van der Waals surface area contributed by atoms with Gasteiger partial charge in [-0.1, -0.05) is 46.0 Å². The standard InChI is InChI=1S/C20H10Cl3F3N4O/c21-14-4-13(5-15(22)6-14)19(20(24,25)26)7-17(29-31-19)11-1-2-18(12(3-11)8-27)30-10-16(23)9-28-30/h1-6,9-10H,7H2. The number of nitriles is 1. The fraction of sp³-hybridized carbons (Fsp3) is 0.150. The zero-order valence-corrected chi connectivity index (χ0v) is 17.6. The van der Waals surface area contributed by atoms with Gasteiger partial charge < -0.3 is 4.84 Å². The van der Waals surface area contributed by atoms with Crippen LogP contribution >= 0.6 is 34.8 Å². The number of hydrogen-bond acceptors (Lipinski definition) is 4. The van der Waals surface area contributed by atoms with Gasteiger partial charge >= 0.3 is 6.18 Å². The Hall–Kier alpha value is -2.73. The molecule has 11 heteroatoms. The van der Waals surface area contributed by atoms with Crippen LogP contribution < -0.4 is 0 Å². The summed E-state index contributed by atoms with van der Waals surface area (Å²) in [5.41, 5.74) is -2.10. The fourth-order valence-corrected chi connectivity index (χ4v) is 3.95. The average molecular weight is 486 g/mol. The maximum absolute atomic E-state index is 14.1. The molecule has 0 fully saturated rings. The molecule has 1 aliphatic rings. The van der Waals surface area contributed by atoms with E-state index in [0.29, 0.717) is 16.3 Å². The van der Waals surface area contributed by atoms with E-state index in [1.807, 2.05) is 6.07 Å². The van der Waals surface area contributed by atoms with Crippen molar-refractivity contribution in [3.05, 3.63) is 80.6 Å². The molecule has 0 amide bonds. The second-order valence-corrected chi connectivity index (χ2v) is 8.05. The smallest absolute Gasteiger partial charge is 0.374 e. The summed E-state index contributed by atoms with van der Waals surface area (Å²) in [6.07, 6.45) is -2.52. The monoisotopic (exact) mass is 484 g/mol. The summed E-state index contributed by atoms with van der Waals surface area (Å²) < 4.78 is 43.8. The SMILES string of the molecule is N#Cc1cc(C2=NOC(c3cc(Cl)cc(Cl)c3)(C(F)(F)F)C2)ccc1-n1cc(Cl)cn1. The predicted molar refractivity (Wildman–Crippen MR) is 110 cm³/mol. The van der Waals surface area contributed by atoms with Crippen molar-refractivity contribution in [2.45, 2.75) is 18.2 Å². The number of oxime groups is 1. The first-order chi connectivity index (χ1) is 14.6. The van der Waals surface area contributed by atoms with Crippen molar-refractivity contribution in [2.24, 2.45) is 5.16 Å². The van der Waals surface area contributed by atoms with Crippen LogP contribution in [0.2, 0.25) is 15.1 Å². The van der Waals surface area contributed by atoms with E-state index in [0.717, 1.165) is 12.1 Å². The summed E-state index contributed by atoms with van der Waals surface area (Å²) in [6, 6.07) is 10.1. The van der Waals surface area contributed by atoms with E-state index >= 15 is 0 Å². The number of benzene rings is 2. The quantitative estimate of drug-likeness (QED) is 0.438. The second-order valence-electron chi connectivity index (χ2n) is 6.74. The maximum atomic E-state index is 14.1. The highest BCUT2D eigenvalue weighted by Gasteiger charge is 2.62. The van der Waals surface area contributed by atoms with Gasteiger partial charge in [0, 0.05) is 33.8 Å². The lowest BCUT2D eigenvalue weighted by Crippen LogP contribution is -2.42. The van der Waals surface area contributed by atoms with Crippen molar-refractivity contribution >= 4 is 40.5 Å². The predicted octanol–water partition coefficient (Wildman–Crippen LogP) is 6.29. The molecule has 1 unspecified atom stereocenters. The van der Waals surface area contributed by atoms with Gasteiger partial charge in [-0.2, -0.15) is 23.5 Å². The molecule has 0 aliphatic carbocycles. The summed E-state index contributed by atoms with van der Waals surface area (Å²) in [4.78, 5) is 4.99. The Morgan fingerprint density at radius 1 is 1.06 bits per heavy atom. The van der Waals surface area contributed by atoms with Gasteiger partial charge in [0.25, 0.3) is 5.60 Å². The Kier molecular flexibility index (Phi) is 5.38. The molecule has 5 nitrogen and oxygen atoms in total. The molecule has 0 radical (unpaired) electrons. The minimum atomic E-state index is -4.81. The van der Waals surface area contributed by atoms with Gasteiger partial charge in [0.2, 0.25) is 0 Å². The van der Waals surface area contributed by atoms with Crippen LogP contribution in [-0.4, -0.2) is 21.7 Å². The van der Waals surface area contributed by atoms with Crippen molar-refractivity contribution in [3.8, 4) is 11.8 Å². The van der Waals surface area contributed by atoms with Crippen LogP contribution in [0, 0.1) is 11.3 Å². The third-order valence-electron chi connectivity index (χ3n) is 4.76.